The molecule has 1 atom stereocenters. The quantitative estimate of drug-likeness (QED) is 0.782. The van der Waals surface area contributed by atoms with Crippen LogP contribution in [-0.2, 0) is 11.0 Å². The average molecular weight is 292 g/mol. The summed E-state index contributed by atoms with van der Waals surface area (Å²) in [6.45, 7) is 2.25. The Morgan fingerprint density at radius 3 is 2.58 bits per heavy atom. The van der Waals surface area contributed by atoms with E-state index in [1.807, 2.05) is 6.92 Å². The van der Waals surface area contributed by atoms with Crippen molar-refractivity contribution in [2.75, 3.05) is 11.4 Å². The standard InChI is InChI=1S/C13H13ClF3NO/c1-8-4-12(19)2-3-18(8)11-6-9(13(15,16)17)5-10(14)7-11/h5-8H,2-4H2,1H3. The number of rotatable bonds is 1. The molecule has 0 radical (unpaired) electrons. The van der Waals surface area contributed by atoms with Gasteiger partial charge in [-0.15, -0.1) is 0 Å². The topological polar surface area (TPSA) is 20.3 Å². The van der Waals surface area contributed by atoms with Crippen molar-refractivity contribution < 1.29 is 18.0 Å². The molecule has 1 aliphatic heterocycles. The van der Waals surface area contributed by atoms with Crippen molar-refractivity contribution in [3.63, 3.8) is 0 Å². The Balaban J connectivity index is 2.34. The molecule has 1 fully saturated rings. The number of hydrogen-bond acceptors (Lipinski definition) is 2. The van der Waals surface area contributed by atoms with Crippen molar-refractivity contribution in [2.24, 2.45) is 0 Å². The van der Waals surface area contributed by atoms with Crippen LogP contribution in [0, 0.1) is 0 Å². The first-order valence-corrected chi connectivity index (χ1v) is 6.31. The van der Waals surface area contributed by atoms with E-state index in [9.17, 15) is 18.0 Å². The molecule has 1 aliphatic rings. The third-order valence-electron chi connectivity index (χ3n) is 3.23. The summed E-state index contributed by atoms with van der Waals surface area (Å²) in [7, 11) is 0. The molecule has 19 heavy (non-hydrogen) atoms. The van der Waals surface area contributed by atoms with Gasteiger partial charge >= 0.3 is 6.18 Å². The highest BCUT2D eigenvalue weighted by atomic mass is 35.5. The van der Waals surface area contributed by atoms with E-state index in [-0.39, 0.29) is 16.8 Å². The lowest BCUT2D eigenvalue weighted by molar-refractivity contribution is -0.137. The zero-order valence-electron chi connectivity index (χ0n) is 10.3. The zero-order valence-corrected chi connectivity index (χ0v) is 11.1. The van der Waals surface area contributed by atoms with Gasteiger partial charge in [0, 0.05) is 36.1 Å². The van der Waals surface area contributed by atoms with Crippen LogP contribution < -0.4 is 4.90 Å². The number of piperidine rings is 1. The molecular weight excluding hydrogens is 279 g/mol. The summed E-state index contributed by atoms with van der Waals surface area (Å²) in [4.78, 5) is 13.1. The minimum atomic E-state index is -4.42. The Bertz CT molecular complexity index is 501. The van der Waals surface area contributed by atoms with Crippen LogP contribution in [0.1, 0.15) is 25.3 Å². The molecule has 104 valence electrons. The van der Waals surface area contributed by atoms with Crippen molar-refractivity contribution in [1.82, 2.24) is 0 Å². The van der Waals surface area contributed by atoms with Crippen LogP contribution in [0.5, 0.6) is 0 Å². The average Bonchev–Trinajstić information content (AvgIpc) is 2.26. The molecule has 1 saturated heterocycles. The fourth-order valence-electron chi connectivity index (χ4n) is 2.29. The van der Waals surface area contributed by atoms with Crippen LogP contribution in [0.25, 0.3) is 0 Å². The molecule has 0 spiro atoms. The summed E-state index contributed by atoms with van der Waals surface area (Å²) in [6, 6.07) is 3.38. The number of anilines is 1. The highest BCUT2D eigenvalue weighted by Gasteiger charge is 2.32. The summed E-state index contributed by atoms with van der Waals surface area (Å²) >= 11 is 5.76. The number of carbonyl (C=O) groups excluding carboxylic acids is 1. The summed E-state index contributed by atoms with van der Waals surface area (Å²) in [5, 5.41) is 0.0499. The second-order valence-corrected chi connectivity index (χ2v) is 5.17. The smallest absolute Gasteiger partial charge is 0.368 e. The molecule has 2 nitrogen and oxygen atoms in total. The third kappa shape index (κ3) is 3.21. The minimum Gasteiger partial charge on any atom is -0.368 e. The lowest BCUT2D eigenvalue weighted by Crippen LogP contribution is -2.41. The first-order valence-electron chi connectivity index (χ1n) is 5.93. The van der Waals surface area contributed by atoms with E-state index in [0.29, 0.717) is 25.1 Å². The van der Waals surface area contributed by atoms with E-state index in [1.54, 1.807) is 4.90 Å². The highest BCUT2D eigenvalue weighted by Crippen LogP contribution is 2.35. The number of ketones is 1. The maximum Gasteiger partial charge on any atom is 0.416 e. The summed E-state index contributed by atoms with van der Waals surface area (Å²) in [6.07, 6.45) is -3.71. The van der Waals surface area contributed by atoms with Crippen molar-refractivity contribution in [3.8, 4) is 0 Å². The Morgan fingerprint density at radius 2 is 2.00 bits per heavy atom. The predicted molar refractivity (Wildman–Crippen MR) is 67.5 cm³/mol. The van der Waals surface area contributed by atoms with Crippen LogP contribution in [0.4, 0.5) is 18.9 Å². The normalized spacial score (nSPS) is 20.8. The van der Waals surface area contributed by atoms with Gasteiger partial charge in [0.05, 0.1) is 5.56 Å². The van der Waals surface area contributed by atoms with Gasteiger partial charge < -0.3 is 4.90 Å². The van der Waals surface area contributed by atoms with E-state index < -0.39 is 11.7 Å². The number of benzene rings is 1. The summed E-state index contributed by atoms with van der Waals surface area (Å²) in [5.74, 6) is 0.141. The molecular formula is C13H13ClF3NO. The maximum absolute atomic E-state index is 12.7. The number of nitrogens with zero attached hydrogens (tertiary/aromatic N) is 1. The van der Waals surface area contributed by atoms with Crippen molar-refractivity contribution in [3.05, 3.63) is 28.8 Å². The molecule has 2 rings (SSSR count). The van der Waals surface area contributed by atoms with Gasteiger partial charge in [-0.25, -0.2) is 0 Å². The molecule has 0 saturated carbocycles. The van der Waals surface area contributed by atoms with Crippen LogP contribution >= 0.6 is 11.6 Å². The summed E-state index contributed by atoms with van der Waals surface area (Å²) < 4.78 is 38.2. The minimum absolute atomic E-state index is 0.0499. The summed E-state index contributed by atoms with van der Waals surface area (Å²) in [5.41, 5.74) is -0.348. The predicted octanol–water partition coefficient (Wildman–Crippen LogP) is 3.92. The van der Waals surface area contributed by atoms with E-state index in [0.717, 1.165) is 12.1 Å². The van der Waals surface area contributed by atoms with Gasteiger partial charge in [0.15, 0.2) is 0 Å². The molecule has 1 aromatic carbocycles. The molecule has 0 N–H and O–H groups in total. The van der Waals surface area contributed by atoms with Gasteiger partial charge in [0.2, 0.25) is 0 Å². The SMILES string of the molecule is CC1CC(=O)CCN1c1cc(Cl)cc(C(F)(F)F)c1. The highest BCUT2D eigenvalue weighted by molar-refractivity contribution is 6.31. The van der Waals surface area contributed by atoms with Crippen molar-refractivity contribution in [1.29, 1.82) is 0 Å². The first-order chi connectivity index (χ1) is 8.77. The monoisotopic (exact) mass is 291 g/mol. The molecule has 1 aromatic rings. The Kier molecular flexibility index (Phi) is 3.76. The lowest BCUT2D eigenvalue weighted by Gasteiger charge is -2.35. The maximum atomic E-state index is 12.7. The second-order valence-electron chi connectivity index (χ2n) is 4.73. The number of Topliss-reactive ketones (excluding diaryl/α,β-unsaturated/α-hetero) is 1. The molecule has 0 aliphatic carbocycles. The first kappa shape index (κ1) is 14.2. The fourth-order valence-corrected chi connectivity index (χ4v) is 2.52. The lowest BCUT2D eigenvalue weighted by atomic mass is 10.0. The zero-order chi connectivity index (χ0) is 14.2. The molecule has 6 heteroatoms. The molecule has 1 heterocycles. The van der Waals surface area contributed by atoms with Gasteiger partial charge in [-0.1, -0.05) is 11.6 Å². The van der Waals surface area contributed by atoms with E-state index in [1.165, 1.54) is 6.07 Å². The van der Waals surface area contributed by atoms with Crippen LogP contribution in [-0.4, -0.2) is 18.4 Å². The Labute approximate surface area is 114 Å². The Morgan fingerprint density at radius 1 is 1.32 bits per heavy atom. The molecule has 0 aromatic heterocycles. The molecule has 1 unspecified atom stereocenters. The van der Waals surface area contributed by atoms with Crippen molar-refractivity contribution in [2.45, 2.75) is 32.0 Å². The largest absolute Gasteiger partial charge is 0.416 e. The second kappa shape index (κ2) is 5.04. The molecule has 0 amide bonds. The van der Waals surface area contributed by atoms with Crippen molar-refractivity contribution >= 4 is 23.1 Å². The van der Waals surface area contributed by atoms with E-state index >= 15 is 0 Å². The molecule has 0 bridgehead atoms. The number of hydrogen-bond donors (Lipinski definition) is 0. The van der Waals surface area contributed by atoms with Gasteiger partial charge in [0.25, 0.3) is 0 Å². The number of carbonyl (C=O) groups is 1. The van der Waals surface area contributed by atoms with Gasteiger partial charge in [-0.05, 0) is 25.1 Å². The van der Waals surface area contributed by atoms with Crippen LogP contribution in [0.2, 0.25) is 5.02 Å². The third-order valence-corrected chi connectivity index (χ3v) is 3.45. The Hall–Kier alpha value is -1.23. The van der Waals surface area contributed by atoms with Gasteiger partial charge in [-0.3, -0.25) is 4.79 Å². The van der Waals surface area contributed by atoms with E-state index in [4.69, 9.17) is 11.6 Å². The van der Waals surface area contributed by atoms with E-state index in [2.05, 4.69) is 0 Å². The number of alkyl halides is 3. The van der Waals surface area contributed by atoms with Crippen LogP contribution in [0.3, 0.4) is 0 Å². The fraction of sp³-hybridized carbons (Fsp3) is 0.462. The van der Waals surface area contributed by atoms with Crippen LogP contribution in [0.15, 0.2) is 18.2 Å². The van der Waals surface area contributed by atoms with Gasteiger partial charge in [-0.2, -0.15) is 13.2 Å². The van der Waals surface area contributed by atoms with Gasteiger partial charge in [0.1, 0.15) is 5.78 Å². The number of halogens is 4.